The Balaban J connectivity index is 1.23. The van der Waals surface area contributed by atoms with Crippen LogP contribution >= 0.6 is 0 Å². The highest BCUT2D eigenvalue weighted by atomic mass is 19.1. The number of amides is 1. The maximum Gasteiger partial charge on any atom is 0.415 e. The first-order valence-electron chi connectivity index (χ1n) is 12.5. The Labute approximate surface area is 209 Å². The second-order valence-corrected chi connectivity index (χ2v) is 10.2. The monoisotopic (exact) mass is 491 g/mol. The molecule has 2 N–H and O–H groups in total. The van der Waals surface area contributed by atoms with Crippen molar-refractivity contribution in [2.45, 2.75) is 38.7 Å². The zero-order chi connectivity index (χ0) is 24.9. The van der Waals surface area contributed by atoms with Crippen LogP contribution in [0.1, 0.15) is 31.2 Å². The van der Waals surface area contributed by atoms with E-state index in [9.17, 15) is 4.79 Å². The third-order valence-corrected chi connectivity index (χ3v) is 7.90. The average Bonchev–Trinajstić information content (AvgIpc) is 2.88. The van der Waals surface area contributed by atoms with E-state index in [1.54, 1.807) is 31.6 Å². The number of aromatic nitrogens is 2. The highest BCUT2D eigenvalue weighted by Gasteiger charge is 2.46. The number of anilines is 2. The molecule has 2 aliphatic heterocycles. The molecule has 1 saturated carbocycles. The van der Waals surface area contributed by atoms with E-state index in [4.69, 9.17) is 9.47 Å². The third-order valence-electron chi connectivity index (χ3n) is 7.90. The van der Waals surface area contributed by atoms with Gasteiger partial charge in [0.15, 0.2) is 0 Å². The van der Waals surface area contributed by atoms with Gasteiger partial charge in [0, 0.05) is 42.5 Å². The number of halogens is 1. The lowest BCUT2D eigenvalue weighted by molar-refractivity contribution is -0.0554. The van der Waals surface area contributed by atoms with Crippen molar-refractivity contribution in [1.82, 2.24) is 15.3 Å². The molecule has 1 aromatic carbocycles. The van der Waals surface area contributed by atoms with Crippen molar-refractivity contribution >= 4 is 28.4 Å². The number of hydrogen-bond donors (Lipinski definition) is 2. The molecule has 0 radical (unpaired) electrons. The van der Waals surface area contributed by atoms with Crippen molar-refractivity contribution in [3.8, 4) is 17.0 Å². The lowest BCUT2D eigenvalue weighted by Crippen LogP contribution is -2.50. The Hall–Kier alpha value is -3.46. The van der Waals surface area contributed by atoms with Crippen molar-refractivity contribution in [3.05, 3.63) is 42.0 Å². The van der Waals surface area contributed by atoms with Crippen LogP contribution in [-0.4, -0.2) is 55.5 Å². The van der Waals surface area contributed by atoms with Crippen LogP contribution in [-0.2, 0) is 4.74 Å². The summed E-state index contributed by atoms with van der Waals surface area (Å²) in [6.07, 6.45) is 6.91. The average molecular weight is 492 g/mol. The third kappa shape index (κ3) is 4.01. The first-order valence-corrected chi connectivity index (χ1v) is 12.5. The van der Waals surface area contributed by atoms with Crippen molar-refractivity contribution in [2.24, 2.45) is 5.41 Å². The summed E-state index contributed by atoms with van der Waals surface area (Å²) in [4.78, 5) is 23.0. The van der Waals surface area contributed by atoms with E-state index < -0.39 is 6.09 Å². The summed E-state index contributed by atoms with van der Waals surface area (Å²) in [5.74, 6) is 0.632. The number of piperidine rings is 1. The Morgan fingerprint density at radius 1 is 1.11 bits per heavy atom. The minimum absolute atomic E-state index is 0.0451. The standard InChI is InChI=1S/C27H30FN5O3/c1-16-21(15-32-25-24(16)30-7-8-35-25)20-9-17-11-23(31-14-18(17)10-22(20)28)33(2)26(34)36-19-12-27(13-19)3-5-29-6-4-27/h9-11,14-15,19,29-30H,3-8,12-13H2,1-2H3. The van der Waals surface area contributed by atoms with Crippen LogP contribution < -0.4 is 20.3 Å². The van der Waals surface area contributed by atoms with Gasteiger partial charge in [0.05, 0.1) is 0 Å². The van der Waals surface area contributed by atoms with E-state index in [1.807, 2.05) is 6.92 Å². The fourth-order valence-corrected chi connectivity index (χ4v) is 5.71. The van der Waals surface area contributed by atoms with Crippen LogP contribution in [0.25, 0.3) is 21.9 Å². The van der Waals surface area contributed by atoms with Gasteiger partial charge in [0.2, 0.25) is 5.88 Å². The van der Waals surface area contributed by atoms with E-state index in [1.165, 1.54) is 11.0 Å². The van der Waals surface area contributed by atoms with Gasteiger partial charge in [-0.15, -0.1) is 0 Å². The van der Waals surface area contributed by atoms with Crippen LogP contribution in [0.2, 0.25) is 0 Å². The van der Waals surface area contributed by atoms with E-state index in [-0.39, 0.29) is 11.9 Å². The summed E-state index contributed by atoms with van der Waals surface area (Å²) in [6.45, 7) is 5.23. The largest absolute Gasteiger partial charge is 0.474 e. The number of benzene rings is 1. The lowest BCUT2D eigenvalue weighted by Gasteiger charge is -2.49. The van der Waals surface area contributed by atoms with E-state index >= 15 is 4.39 Å². The smallest absolute Gasteiger partial charge is 0.415 e. The Bertz CT molecular complexity index is 1330. The van der Waals surface area contributed by atoms with Gasteiger partial charge in [-0.3, -0.25) is 4.90 Å². The Morgan fingerprint density at radius 3 is 2.72 bits per heavy atom. The van der Waals surface area contributed by atoms with Gasteiger partial charge in [0.25, 0.3) is 0 Å². The molecule has 0 unspecified atom stereocenters. The van der Waals surface area contributed by atoms with E-state index in [2.05, 4.69) is 20.6 Å². The number of rotatable bonds is 3. The molecule has 36 heavy (non-hydrogen) atoms. The molecule has 3 aliphatic rings. The Morgan fingerprint density at radius 2 is 1.92 bits per heavy atom. The van der Waals surface area contributed by atoms with E-state index in [0.717, 1.165) is 55.4 Å². The summed E-state index contributed by atoms with van der Waals surface area (Å²) in [7, 11) is 1.66. The summed E-state index contributed by atoms with van der Waals surface area (Å²) in [5.41, 5.74) is 3.13. The number of fused-ring (bicyclic) bond motifs is 2. The van der Waals surface area contributed by atoms with Gasteiger partial charge in [-0.25, -0.2) is 19.2 Å². The molecule has 1 amide bonds. The number of carbonyl (C=O) groups is 1. The van der Waals surface area contributed by atoms with Crippen molar-refractivity contribution in [2.75, 3.05) is 43.5 Å². The number of hydrogen-bond acceptors (Lipinski definition) is 7. The maximum atomic E-state index is 15.1. The summed E-state index contributed by atoms with van der Waals surface area (Å²) in [6, 6.07) is 5.04. The molecule has 2 aromatic heterocycles. The zero-order valence-electron chi connectivity index (χ0n) is 20.6. The molecule has 2 fully saturated rings. The SMILES string of the molecule is Cc1c(-c2cc3cc(N(C)C(=O)OC4CC5(CCNCC5)C4)ncc3cc2F)cnc2c1NCCO2. The number of nitrogens with zero attached hydrogens (tertiary/aromatic N) is 3. The lowest BCUT2D eigenvalue weighted by atomic mass is 9.62. The van der Waals surface area contributed by atoms with Gasteiger partial charge >= 0.3 is 6.09 Å². The normalized spacial score (nSPS) is 18.6. The van der Waals surface area contributed by atoms with Crippen molar-refractivity contribution < 1.29 is 18.7 Å². The minimum atomic E-state index is -0.418. The fourth-order valence-electron chi connectivity index (χ4n) is 5.71. The highest BCUT2D eigenvalue weighted by molar-refractivity contribution is 5.93. The van der Waals surface area contributed by atoms with Crippen molar-refractivity contribution in [1.29, 1.82) is 0 Å². The molecule has 188 valence electrons. The number of ether oxygens (including phenoxy) is 2. The van der Waals surface area contributed by atoms with Gasteiger partial charge in [0.1, 0.15) is 30.0 Å². The summed E-state index contributed by atoms with van der Waals surface area (Å²) < 4.78 is 26.5. The van der Waals surface area contributed by atoms with Crippen LogP contribution in [0.5, 0.6) is 5.88 Å². The highest BCUT2D eigenvalue weighted by Crippen LogP contribution is 2.49. The molecular formula is C27H30FN5O3. The number of carbonyl (C=O) groups excluding carboxylic acids is 1. The molecular weight excluding hydrogens is 461 g/mol. The number of pyridine rings is 2. The summed E-state index contributed by atoms with van der Waals surface area (Å²) in [5, 5.41) is 8.11. The number of nitrogens with one attached hydrogen (secondary N) is 2. The maximum absolute atomic E-state index is 15.1. The van der Waals surface area contributed by atoms with Gasteiger partial charge in [-0.05, 0) is 80.3 Å². The molecule has 0 bridgehead atoms. The van der Waals surface area contributed by atoms with Gasteiger partial charge < -0.3 is 20.1 Å². The van der Waals surface area contributed by atoms with Gasteiger partial charge in [-0.1, -0.05) is 0 Å². The van der Waals surface area contributed by atoms with Crippen LogP contribution in [0.3, 0.4) is 0 Å². The zero-order valence-corrected chi connectivity index (χ0v) is 20.6. The van der Waals surface area contributed by atoms with Gasteiger partial charge in [-0.2, -0.15) is 0 Å². The topological polar surface area (TPSA) is 88.6 Å². The molecule has 6 rings (SSSR count). The Kier molecular flexibility index (Phi) is 5.67. The first-order chi connectivity index (χ1) is 17.4. The minimum Gasteiger partial charge on any atom is -0.474 e. The molecule has 1 saturated heterocycles. The predicted molar refractivity (Wildman–Crippen MR) is 136 cm³/mol. The molecule has 9 heteroatoms. The second-order valence-electron chi connectivity index (χ2n) is 10.2. The second kappa shape index (κ2) is 8.89. The first kappa shape index (κ1) is 23.0. The van der Waals surface area contributed by atoms with Crippen LogP contribution in [0.4, 0.5) is 20.7 Å². The van der Waals surface area contributed by atoms with Crippen LogP contribution in [0.15, 0.2) is 30.6 Å². The quantitative estimate of drug-likeness (QED) is 0.551. The van der Waals surface area contributed by atoms with E-state index in [0.29, 0.717) is 46.8 Å². The molecule has 8 nitrogen and oxygen atoms in total. The molecule has 3 aromatic rings. The van der Waals surface area contributed by atoms with Crippen LogP contribution in [0, 0.1) is 18.2 Å². The molecule has 4 heterocycles. The van der Waals surface area contributed by atoms with Crippen molar-refractivity contribution in [3.63, 3.8) is 0 Å². The molecule has 1 aliphatic carbocycles. The fraction of sp³-hybridized carbons (Fsp3) is 0.444. The molecule has 0 atom stereocenters. The molecule has 1 spiro atoms. The summed E-state index contributed by atoms with van der Waals surface area (Å²) >= 11 is 0. The predicted octanol–water partition coefficient (Wildman–Crippen LogP) is 4.65.